The fourth-order valence-corrected chi connectivity index (χ4v) is 4.23. The van der Waals surface area contributed by atoms with Crippen molar-refractivity contribution in [2.24, 2.45) is 5.92 Å². The summed E-state index contributed by atoms with van der Waals surface area (Å²) in [6.07, 6.45) is 9.44. The summed E-state index contributed by atoms with van der Waals surface area (Å²) in [5.41, 5.74) is 1.40. The highest BCUT2D eigenvalue weighted by atomic mass is 16.2. The van der Waals surface area contributed by atoms with Gasteiger partial charge in [-0.2, -0.15) is 0 Å². The topological polar surface area (TPSA) is 32.3 Å². The molecule has 2 fully saturated rings. The summed E-state index contributed by atoms with van der Waals surface area (Å²) in [5.74, 6) is 0.510. The SMILES string of the molecule is CC1(NC(=O)C2CCN(Cc3ccccc3)CC2)CCCCCC1. The Bertz CT molecular complexity index is 512. The van der Waals surface area contributed by atoms with Crippen LogP contribution in [0.15, 0.2) is 30.3 Å². The highest BCUT2D eigenvalue weighted by Gasteiger charge is 2.31. The number of piperidine rings is 1. The second-order valence-electron chi connectivity index (χ2n) is 8.00. The lowest BCUT2D eigenvalue weighted by Gasteiger charge is -2.35. The number of rotatable bonds is 4. The Morgan fingerprint density at radius 1 is 1.08 bits per heavy atom. The highest BCUT2D eigenvalue weighted by Crippen LogP contribution is 2.28. The van der Waals surface area contributed by atoms with Gasteiger partial charge < -0.3 is 5.32 Å². The molecular formula is C21H32N2O. The van der Waals surface area contributed by atoms with E-state index in [1.54, 1.807) is 0 Å². The van der Waals surface area contributed by atoms with Crippen molar-refractivity contribution in [3.05, 3.63) is 35.9 Å². The zero-order valence-electron chi connectivity index (χ0n) is 15.1. The fourth-order valence-electron chi connectivity index (χ4n) is 4.23. The Balaban J connectivity index is 1.46. The van der Waals surface area contributed by atoms with E-state index in [2.05, 4.69) is 47.5 Å². The third-order valence-electron chi connectivity index (χ3n) is 5.84. The van der Waals surface area contributed by atoms with Crippen LogP contribution in [0.3, 0.4) is 0 Å². The Hall–Kier alpha value is -1.35. The summed E-state index contributed by atoms with van der Waals surface area (Å²) in [6, 6.07) is 10.6. The first kappa shape index (κ1) is 17.5. The third-order valence-corrected chi connectivity index (χ3v) is 5.84. The van der Waals surface area contributed by atoms with Crippen molar-refractivity contribution in [2.75, 3.05) is 13.1 Å². The zero-order valence-corrected chi connectivity index (χ0v) is 15.1. The number of carbonyl (C=O) groups excluding carboxylic acids is 1. The van der Waals surface area contributed by atoms with E-state index in [1.807, 2.05) is 0 Å². The van der Waals surface area contributed by atoms with E-state index in [0.717, 1.165) is 45.3 Å². The van der Waals surface area contributed by atoms with E-state index in [-0.39, 0.29) is 11.5 Å². The molecule has 1 heterocycles. The van der Waals surface area contributed by atoms with Gasteiger partial charge in [-0.05, 0) is 51.3 Å². The first-order valence-corrected chi connectivity index (χ1v) is 9.73. The second-order valence-corrected chi connectivity index (χ2v) is 8.00. The maximum atomic E-state index is 12.7. The largest absolute Gasteiger partial charge is 0.351 e. The summed E-state index contributed by atoms with van der Waals surface area (Å²) in [5, 5.41) is 3.41. The lowest BCUT2D eigenvalue weighted by molar-refractivity contribution is -0.128. The Kier molecular flexibility index (Phi) is 5.94. The van der Waals surface area contributed by atoms with Crippen molar-refractivity contribution in [1.29, 1.82) is 0 Å². The predicted octanol–water partition coefficient (Wildman–Crippen LogP) is 4.13. The molecule has 3 nitrogen and oxygen atoms in total. The van der Waals surface area contributed by atoms with E-state index in [9.17, 15) is 4.79 Å². The van der Waals surface area contributed by atoms with E-state index in [0.29, 0.717) is 5.91 Å². The number of likely N-dealkylation sites (tertiary alicyclic amines) is 1. The van der Waals surface area contributed by atoms with Crippen LogP contribution in [0.2, 0.25) is 0 Å². The Labute approximate surface area is 146 Å². The van der Waals surface area contributed by atoms with Gasteiger partial charge in [-0.3, -0.25) is 9.69 Å². The van der Waals surface area contributed by atoms with Gasteiger partial charge in [0.2, 0.25) is 5.91 Å². The molecule has 1 saturated heterocycles. The number of carbonyl (C=O) groups is 1. The molecule has 3 heteroatoms. The van der Waals surface area contributed by atoms with Crippen LogP contribution in [0.25, 0.3) is 0 Å². The van der Waals surface area contributed by atoms with Crippen LogP contribution in [-0.2, 0) is 11.3 Å². The van der Waals surface area contributed by atoms with E-state index < -0.39 is 0 Å². The molecule has 24 heavy (non-hydrogen) atoms. The maximum Gasteiger partial charge on any atom is 0.223 e. The fraction of sp³-hybridized carbons (Fsp3) is 0.667. The van der Waals surface area contributed by atoms with Gasteiger partial charge in [0.25, 0.3) is 0 Å². The molecule has 0 radical (unpaired) electrons. The summed E-state index contributed by atoms with van der Waals surface area (Å²) < 4.78 is 0. The molecule has 3 rings (SSSR count). The molecule has 0 aromatic heterocycles. The highest BCUT2D eigenvalue weighted by molar-refractivity contribution is 5.79. The van der Waals surface area contributed by atoms with Crippen LogP contribution < -0.4 is 5.32 Å². The van der Waals surface area contributed by atoms with Gasteiger partial charge in [-0.25, -0.2) is 0 Å². The average molecular weight is 329 g/mol. The van der Waals surface area contributed by atoms with Crippen molar-refractivity contribution in [3.8, 4) is 0 Å². The molecule has 2 aliphatic rings. The molecule has 132 valence electrons. The molecule has 1 saturated carbocycles. The van der Waals surface area contributed by atoms with E-state index in [4.69, 9.17) is 0 Å². The molecule has 1 aliphatic heterocycles. The van der Waals surface area contributed by atoms with Crippen LogP contribution in [0.5, 0.6) is 0 Å². The quantitative estimate of drug-likeness (QED) is 0.843. The van der Waals surface area contributed by atoms with Crippen LogP contribution in [0.1, 0.15) is 63.9 Å². The average Bonchev–Trinajstić information content (AvgIpc) is 2.81. The first-order valence-electron chi connectivity index (χ1n) is 9.73. The van der Waals surface area contributed by atoms with Crippen molar-refractivity contribution in [1.82, 2.24) is 10.2 Å². The molecule has 0 bridgehead atoms. The molecule has 1 N–H and O–H groups in total. The van der Waals surface area contributed by atoms with Gasteiger partial charge in [-0.1, -0.05) is 56.0 Å². The number of amides is 1. The molecule has 0 spiro atoms. The minimum absolute atomic E-state index is 0.0365. The van der Waals surface area contributed by atoms with Crippen LogP contribution >= 0.6 is 0 Å². The minimum Gasteiger partial charge on any atom is -0.351 e. The smallest absolute Gasteiger partial charge is 0.223 e. The molecule has 0 unspecified atom stereocenters. The maximum absolute atomic E-state index is 12.7. The zero-order chi connectivity index (χ0) is 16.8. The van der Waals surface area contributed by atoms with Crippen LogP contribution in [-0.4, -0.2) is 29.4 Å². The number of hydrogen-bond donors (Lipinski definition) is 1. The molecule has 1 aromatic rings. The van der Waals surface area contributed by atoms with Gasteiger partial charge in [0.1, 0.15) is 0 Å². The second kappa shape index (κ2) is 8.15. The van der Waals surface area contributed by atoms with Crippen LogP contribution in [0, 0.1) is 5.92 Å². The van der Waals surface area contributed by atoms with Gasteiger partial charge in [-0.15, -0.1) is 0 Å². The minimum atomic E-state index is 0.0365. The first-order chi connectivity index (χ1) is 11.6. The lowest BCUT2D eigenvalue weighted by Crippen LogP contribution is -2.49. The van der Waals surface area contributed by atoms with Crippen LogP contribution in [0.4, 0.5) is 0 Å². The normalized spacial score (nSPS) is 22.7. The molecule has 0 atom stereocenters. The van der Waals surface area contributed by atoms with Gasteiger partial charge in [0.05, 0.1) is 0 Å². The summed E-state index contributed by atoms with van der Waals surface area (Å²) in [7, 11) is 0. The van der Waals surface area contributed by atoms with Gasteiger partial charge in [0.15, 0.2) is 0 Å². The van der Waals surface area contributed by atoms with Crippen molar-refractivity contribution in [3.63, 3.8) is 0 Å². The number of hydrogen-bond acceptors (Lipinski definition) is 2. The predicted molar refractivity (Wildman–Crippen MR) is 98.7 cm³/mol. The molecule has 1 amide bonds. The number of nitrogens with zero attached hydrogens (tertiary/aromatic N) is 1. The Morgan fingerprint density at radius 2 is 1.71 bits per heavy atom. The van der Waals surface area contributed by atoms with Gasteiger partial charge in [0, 0.05) is 18.0 Å². The molecular weight excluding hydrogens is 296 g/mol. The van der Waals surface area contributed by atoms with Crippen molar-refractivity contribution < 1.29 is 4.79 Å². The van der Waals surface area contributed by atoms with Crippen molar-refractivity contribution >= 4 is 5.91 Å². The van der Waals surface area contributed by atoms with Gasteiger partial charge >= 0.3 is 0 Å². The molecule has 1 aromatic carbocycles. The van der Waals surface area contributed by atoms with E-state index in [1.165, 1.54) is 31.2 Å². The Morgan fingerprint density at radius 3 is 2.33 bits per heavy atom. The number of nitrogens with one attached hydrogen (secondary N) is 1. The third kappa shape index (κ3) is 4.83. The van der Waals surface area contributed by atoms with Crippen molar-refractivity contribution in [2.45, 2.75) is 70.4 Å². The summed E-state index contributed by atoms with van der Waals surface area (Å²) >= 11 is 0. The standard InChI is InChI=1S/C21H32N2O/c1-21(13-7-2-3-8-14-21)22-20(24)19-11-15-23(16-12-19)17-18-9-5-4-6-10-18/h4-6,9-10,19H,2-3,7-8,11-17H2,1H3,(H,22,24). The number of benzene rings is 1. The van der Waals surface area contributed by atoms with E-state index >= 15 is 0 Å². The lowest BCUT2D eigenvalue weighted by atomic mass is 9.89. The summed E-state index contributed by atoms with van der Waals surface area (Å²) in [6.45, 7) is 5.32. The summed E-state index contributed by atoms with van der Waals surface area (Å²) in [4.78, 5) is 15.2. The monoisotopic (exact) mass is 328 g/mol. The molecule has 1 aliphatic carbocycles.